The molecular formula is C18H23N5O2. The Labute approximate surface area is 147 Å². The van der Waals surface area contributed by atoms with Crippen LogP contribution in [-0.2, 0) is 4.79 Å². The van der Waals surface area contributed by atoms with Crippen molar-refractivity contribution in [3.8, 4) is 0 Å². The van der Waals surface area contributed by atoms with Crippen LogP contribution in [0.1, 0.15) is 31.4 Å². The van der Waals surface area contributed by atoms with E-state index in [0.717, 1.165) is 24.2 Å². The lowest BCUT2D eigenvalue weighted by Gasteiger charge is -2.20. The number of carbonyl (C=O) groups is 2. The molecule has 1 aliphatic heterocycles. The minimum atomic E-state index is -0.269. The molecule has 3 rings (SSSR count). The Morgan fingerprint density at radius 2 is 2.24 bits per heavy atom. The highest BCUT2D eigenvalue weighted by molar-refractivity contribution is 5.97. The molecule has 7 nitrogen and oxygen atoms in total. The molecule has 0 aliphatic carbocycles. The molecule has 2 heterocycles. The maximum Gasteiger partial charge on any atom is 0.319 e. The van der Waals surface area contributed by atoms with E-state index in [4.69, 9.17) is 0 Å². The molecule has 1 aromatic heterocycles. The average molecular weight is 341 g/mol. The van der Waals surface area contributed by atoms with E-state index in [-0.39, 0.29) is 18.0 Å². The van der Waals surface area contributed by atoms with Crippen LogP contribution in [0.25, 0.3) is 0 Å². The van der Waals surface area contributed by atoms with Crippen LogP contribution < -0.4 is 15.5 Å². The summed E-state index contributed by atoms with van der Waals surface area (Å²) in [6, 6.07) is 5.47. The molecule has 0 radical (unpaired) electrons. The van der Waals surface area contributed by atoms with Gasteiger partial charge in [0.2, 0.25) is 5.91 Å². The summed E-state index contributed by atoms with van der Waals surface area (Å²) in [4.78, 5) is 29.9. The summed E-state index contributed by atoms with van der Waals surface area (Å²) in [5, 5.41) is 5.69. The standard InChI is InChI=1S/C18H23N5O2/c1-13-5-6-15(10-16(13)23-8-3-4-17(23)24)21-18(25)20-11-14(2)22-9-7-19-12-22/h5-7,9-10,12,14H,3-4,8,11H2,1-2H3,(H2,20,21,25)/t14-/m0/s1. The molecule has 1 fully saturated rings. The minimum Gasteiger partial charge on any atom is -0.336 e. The van der Waals surface area contributed by atoms with Gasteiger partial charge in [-0.25, -0.2) is 9.78 Å². The number of benzene rings is 1. The number of urea groups is 1. The first-order valence-electron chi connectivity index (χ1n) is 8.48. The zero-order valence-corrected chi connectivity index (χ0v) is 14.5. The molecule has 1 atom stereocenters. The highest BCUT2D eigenvalue weighted by Gasteiger charge is 2.23. The van der Waals surface area contributed by atoms with Gasteiger partial charge in [0, 0.05) is 49.3 Å². The molecule has 1 saturated heterocycles. The summed E-state index contributed by atoms with van der Waals surface area (Å²) in [6.07, 6.45) is 6.77. The van der Waals surface area contributed by atoms with Gasteiger partial charge in [0.1, 0.15) is 0 Å². The van der Waals surface area contributed by atoms with Crippen LogP contribution in [0.4, 0.5) is 16.2 Å². The third-order valence-corrected chi connectivity index (χ3v) is 4.42. The number of aryl methyl sites for hydroxylation is 1. The first-order valence-corrected chi connectivity index (χ1v) is 8.48. The van der Waals surface area contributed by atoms with Gasteiger partial charge >= 0.3 is 6.03 Å². The number of aromatic nitrogens is 2. The van der Waals surface area contributed by atoms with Crippen molar-refractivity contribution >= 4 is 23.3 Å². The van der Waals surface area contributed by atoms with Gasteiger partial charge in [-0.15, -0.1) is 0 Å². The second kappa shape index (κ2) is 7.38. The molecule has 3 amide bonds. The Kier molecular flexibility index (Phi) is 5.02. The Hall–Kier alpha value is -2.83. The highest BCUT2D eigenvalue weighted by Crippen LogP contribution is 2.28. The molecule has 7 heteroatoms. The van der Waals surface area contributed by atoms with Crippen molar-refractivity contribution < 1.29 is 9.59 Å². The molecule has 0 saturated carbocycles. The van der Waals surface area contributed by atoms with Crippen LogP contribution >= 0.6 is 0 Å². The lowest BCUT2D eigenvalue weighted by Crippen LogP contribution is -2.33. The summed E-state index contributed by atoms with van der Waals surface area (Å²) in [5.41, 5.74) is 2.56. The van der Waals surface area contributed by atoms with Gasteiger partial charge in [-0.2, -0.15) is 0 Å². The largest absolute Gasteiger partial charge is 0.336 e. The Morgan fingerprint density at radius 3 is 2.92 bits per heavy atom. The fourth-order valence-corrected chi connectivity index (χ4v) is 2.93. The SMILES string of the molecule is Cc1ccc(NC(=O)NC[C@H](C)n2ccnc2)cc1N1CCCC1=O. The lowest BCUT2D eigenvalue weighted by atomic mass is 10.1. The maximum absolute atomic E-state index is 12.1. The van der Waals surface area contributed by atoms with Crippen molar-refractivity contribution in [1.29, 1.82) is 0 Å². The Morgan fingerprint density at radius 1 is 1.40 bits per heavy atom. The second-order valence-corrected chi connectivity index (χ2v) is 6.34. The van der Waals surface area contributed by atoms with Crippen molar-refractivity contribution in [3.63, 3.8) is 0 Å². The van der Waals surface area contributed by atoms with Gasteiger partial charge in [-0.05, 0) is 38.0 Å². The zero-order valence-electron chi connectivity index (χ0n) is 14.5. The van der Waals surface area contributed by atoms with Crippen molar-refractivity contribution in [2.24, 2.45) is 0 Å². The van der Waals surface area contributed by atoms with E-state index in [1.165, 1.54) is 0 Å². The van der Waals surface area contributed by atoms with Gasteiger partial charge in [-0.1, -0.05) is 6.07 Å². The molecule has 2 aromatic rings. The first-order chi connectivity index (χ1) is 12.0. The average Bonchev–Trinajstić information content (AvgIpc) is 3.26. The zero-order chi connectivity index (χ0) is 17.8. The highest BCUT2D eigenvalue weighted by atomic mass is 16.2. The van der Waals surface area contributed by atoms with E-state index < -0.39 is 0 Å². The van der Waals surface area contributed by atoms with Gasteiger partial charge in [0.05, 0.1) is 6.33 Å². The number of carbonyl (C=O) groups excluding carboxylic acids is 2. The number of rotatable bonds is 5. The number of nitrogens with one attached hydrogen (secondary N) is 2. The van der Waals surface area contributed by atoms with Crippen LogP contribution in [0.3, 0.4) is 0 Å². The summed E-state index contributed by atoms with van der Waals surface area (Å²) >= 11 is 0. The topological polar surface area (TPSA) is 79.3 Å². The van der Waals surface area contributed by atoms with E-state index in [9.17, 15) is 9.59 Å². The smallest absolute Gasteiger partial charge is 0.319 e. The van der Waals surface area contributed by atoms with Crippen molar-refractivity contribution in [2.75, 3.05) is 23.3 Å². The van der Waals surface area contributed by atoms with Gasteiger partial charge < -0.3 is 20.1 Å². The predicted octanol–water partition coefficient (Wildman–Crippen LogP) is 2.70. The summed E-state index contributed by atoms with van der Waals surface area (Å²) in [6.45, 7) is 5.20. The van der Waals surface area contributed by atoms with Crippen LogP contribution in [-0.4, -0.2) is 34.6 Å². The molecule has 25 heavy (non-hydrogen) atoms. The fourth-order valence-electron chi connectivity index (χ4n) is 2.93. The van der Waals surface area contributed by atoms with Gasteiger partial charge in [0.25, 0.3) is 0 Å². The number of nitrogens with zero attached hydrogens (tertiary/aromatic N) is 3. The predicted molar refractivity (Wildman–Crippen MR) is 96.7 cm³/mol. The van der Waals surface area contributed by atoms with Crippen LogP contribution in [0.2, 0.25) is 0 Å². The molecule has 2 N–H and O–H groups in total. The lowest BCUT2D eigenvalue weighted by molar-refractivity contribution is -0.117. The van der Waals surface area contributed by atoms with E-state index in [1.54, 1.807) is 17.4 Å². The van der Waals surface area contributed by atoms with E-state index >= 15 is 0 Å². The number of anilines is 2. The van der Waals surface area contributed by atoms with Crippen LogP contribution in [0.5, 0.6) is 0 Å². The third-order valence-electron chi connectivity index (χ3n) is 4.42. The summed E-state index contributed by atoms with van der Waals surface area (Å²) in [7, 11) is 0. The van der Waals surface area contributed by atoms with Gasteiger partial charge in [-0.3, -0.25) is 4.79 Å². The fraction of sp³-hybridized carbons (Fsp3) is 0.389. The van der Waals surface area contributed by atoms with Crippen molar-refractivity contribution in [2.45, 2.75) is 32.7 Å². The quantitative estimate of drug-likeness (QED) is 0.877. The molecule has 0 bridgehead atoms. The third kappa shape index (κ3) is 3.99. The molecule has 0 spiro atoms. The van der Waals surface area contributed by atoms with Crippen molar-refractivity contribution in [1.82, 2.24) is 14.9 Å². The number of hydrogen-bond acceptors (Lipinski definition) is 3. The van der Waals surface area contributed by atoms with Crippen LogP contribution in [0, 0.1) is 6.92 Å². The first kappa shape index (κ1) is 17.0. The maximum atomic E-state index is 12.1. The number of imidazole rings is 1. The molecule has 1 aromatic carbocycles. The Bertz CT molecular complexity index is 757. The van der Waals surface area contributed by atoms with Gasteiger partial charge in [0.15, 0.2) is 0 Å². The van der Waals surface area contributed by atoms with E-state index in [0.29, 0.717) is 18.7 Å². The van der Waals surface area contributed by atoms with E-state index in [1.807, 2.05) is 42.8 Å². The molecule has 1 aliphatic rings. The Balaban J connectivity index is 1.60. The second-order valence-electron chi connectivity index (χ2n) is 6.34. The number of hydrogen-bond donors (Lipinski definition) is 2. The summed E-state index contributed by atoms with van der Waals surface area (Å²) < 4.78 is 1.93. The summed E-state index contributed by atoms with van der Waals surface area (Å²) in [5.74, 6) is 0.138. The van der Waals surface area contributed by atoms with E-state index in [2.05, 4.69) is 15.6 Å². The monoisotopic (exact) mass is 341 g/mol. The number of amides is 3. The molecule has 0 unspecified atom stereocenters. The molecule has 132 valence electrons. The van der Waals surface area contributed by atoms with Crippen LogP contribution in [0.15, 0.2) is 36.9 Å². The normalized spacial score (nSPS) is 15.3. The minimum absolute atomic E-state index is 0.115. The van der Waals surface area contributed by atoms with Crippen molar-refractivity contribution in [3.05, 3.63) is 42.5 Å². The molecular weight excluding hydrogens is 318 g/mol.